The van der Waals surface area contributed by atoms with Crippen molar-refractivity contribution in [1.82, 2.24) is 19.6 Å². The Balaban J connectivity index is 2.07. The van der Waals surface area contributed by atoms with Crippen molar-refractivity contribution >= 4 is 11.6 Å². The van der Waals surface area contributed by atoms with Crippen molar-refractivity contribution in [2.75, 3.05) is 5.32 Å². The summed E-state index contributed by atoms with van der Waals surface area (Å²) in [5.41, 5.74) is -1.36. The molecule has 0 aliphatic rings. The number of fused-ring (bicyclic) bond motifs is 1. The molecule has 0 radical (unpaired) electrons. The van der Waals surface area contributed by atoms with Crippen molar-refractivity contribution in [3.63, 3.8) is 0 Å². The first-order chi connectivity index (χ1) is 12.1. The lowest BCUT2D eigenvalue weighted by atomic mass is 9.85. The van der Waals surface area contributed by atoms with Crippen molar-refractivity contribution in [2.45, 2.75) is 46.3 Å². The lowest BCUT2D eigenvalue weighted by molar-refractivity contribution is -0.141. The van der Waals surface area contributed by atoms with Crippen LogP contribution in [-0.4, -0.2) is 19.6 Å². The molecule has 0 saturated carbocycles. The minimum atomic E-state index is -4.58. The number of hydrogen-bond donors (Lipinski definition) is 1. The van der Waals surface area contributed by atoms with E-state index in [1.807, 2.05) is 39.8 Å². The van der Waals surface area contributed by atoms with E-state index in [-0.39, 0.29) is 23.1 Å². The van der Waals surface area contributed by atoms with Gasteiger partial charge in [-0.15, -0.1) is 0 Å². The fourth-order valence-corrected chi connectivity index (χ4v) is 2.66. The maximum absolute atomic E-state index is 13.2. The van der Waals surface area contributed by atoms with Crippen LogP contribution in [0.15, 0.2) is 28.9 Å². The number of anilines is 1. The summed E-state index contributed by atoms with van der Waals surface area (Å²) in [6, 6.07) is 4.27. The van der Waals surface area contributed by atoms with E-state index in [4.69, 9.17) is 4.42 Å². The van der Waals surface area contributed by atoms with Crippen molar-refractivity contribution < 1.29 is 17.6 Å². The van der Waals surface area contributed by atoms with Gasteiger partial charge in [-0.25, -0.2) is 4.98 Å². The number of halogens is 3. The fourth-order valence-electron chi connectivity index (χ4n) is 2.66. The van der Waals surface area contributed by atoms with Crippen LogP contribution in [0.5, 0.6) is 0 Å². The van der Waals surface area contributed by atoms with E-state index in [0.717, 1.165) is 18.2 Å². The molecule has 0 fully saturated rings. The summed E-state index contributed by atoms with van der Waals surface area (Å²) in [6.45, 7) is 7.90. The predicted molar refractivity (Wildman–Crippen MR) is 89.7 cm³/mol. The SMILES string of the molecule is CCc1ccc(C(Nc2cc(C(F)(F)F)nc3ncnn23)C(C)(C)C)o1. The number of rotatable bonds is 4. The van der Waals surface area contributed by atoms with E-state index < -0.39 is 11.9 Å². The number of nitrogens with zero attached hydrogens (tertiary/aromatic N) is 4. The Hall–Kier alpha value is -2.58. The molecule has 1 unspecified atom stereocenters. The Labute approximate surface area is 148 Å². The standard InChI is InChI=1S/C17H20F3N5O/c1-5-10-6-7-11(26-10)14(16(2,3)4)24-13-8-12(17(18,19)20)23-15-21-9-22-25(13)15/h6-9,14,24H,5H2,1-4H3. The minimum absolute atomic E-state index is 0.122. The molecule has 3 heterocycles. The third-order valence-electron chi connectivity index (χ3n) is 4.02. The Morgan fingerprint density at radius 1 is 1.23 bits per heavy atom. The second-order valence-electron chi connectivity index (χ2n) is 7.10. The maximum Gasteiger partial charge on any atom is 0.433 e. The van der Waals surface area contributed by atoms with E-state index in [9.17, 15) is 13.2 Å². The maximum atomic E-state index is 13.2. The van der Waals surface area contributed by atoms with Crippen molar-refractivity contribution in [2.24, 2.45) is 5.41 Å². The van der Waals surface area contributed by atoms with Crippen LogP contribution in [0, 0.1) is 5.41 Å². The Bertz CT molecular complexity index is 907. The van der Waals surface area contributed by atoms with Crippen LogP contribution in [0.3, 0.4) is 0 Å². The summed E-state index contributed by atoms with van der Waals surface area (Å²) in [6.07, 6.45) is -2.68. The molecule has 6 nitrogen and oxygen atoms in total. The normalized spacial score (nSPS) is 14.0. The van der Waals surface area contributed by atoms with E-state index in [0.29, 0.717) is 5.76 Å². The van der Waals surface area contributed by atoms with Crippen LogP contribution < -0.4 is 5.32 Å². The van der Waals surface area contributed by atoms with Gasteiger partial charge in [0.2, 0.25) is 0 Å². The zero-order chi connectivity index (χ0) is 19.1. The Kier molecular flexibility index (Phi) is 4.41. The molecule has 26 heavy (non-hydrogen) atoms. The number of furan rings is 1. The van der Waals surface area contributed by atoms with Crippen LogP contribution in [-0.2, 0) is 12.6 Å². The molecular formula is C17H20F3N5O. The highest BCUT2D eigenvalue weighted by molar-refractivity contribution is 5.47. The van der Waals surface area contributed by atoms with Gasteiger partial charge in [-0.1, -0.05) is 27.7 Å². The second kappa shape index (κ2) is 6.30. The first-order valence-corrected chi connectivity index (χ1v) is 8.22. The summed E-state index contributed by atoms with van der Waals surface area (Å²) in [4.78, 5) is 7.32. The van der Waals surface area contributed by atoms with Crippen LogP contribution in [0.2, 0.25) is 0 Å². The molecule has 0 bridgehead atoms. The topological polar surface area (TPSA) is 68.2 Å². The number of aryl methyl sites for hydroxylation is 1. The molecule has 140 valence electrons. The highest BCUT2D eigenvalue weighted by Crippen LogP contribution is 2.38. The number of hydrogen-bond acceptors (Lipinski definition) is 5. The zero-order valence-corrected chi connectivity index (χ0v) is 14.9. The molecule has 9 heteroatoms. The summed E-state index contributed by atoms with van der Waals surface area (Å²) in [5.74, 6) is 1.48. The molecule has 3 aromatic heterocycles. The highest BCUT2D eigenvalue weighted by atomic mass is 19.4. The highest BCUT2D eigenvalue weighted by Gasteiger charge is 2.35. The molecule has 1 atom stereocenters. The molecule has 0 aromatic carbocycles. The molecule has 0 saturated heterocycles. The average molecular weight is 367 g/mol. The first-order valence-electron chi connectivity index (χ1n) is 8.22. The Morgan fingerprint density at radius 2 is 1.96 bits per heavy atom. The molecule has 0 amide bonds. The number of aromatic nitrogens is 4. The lowest BCUT2D eigenvalue weighted by Crippen LogP contribution is -2.27. The molecule has 0 aliphatic carbocycles. The molecule has 3 aromatic rings. The largest absolute Gasteiger partial charge is 0.464 e. The number of alkyl halides is 3. The van der Waals surface area contributed by atoms with Gasteiger partial charge in [0.1, 0.15) is 23.7 Å². The Morgan fingerprint density at radius 3 is 2.54 bits per heavy atom. The van der Waals surface area contributed by atoms with Gasteiger partial charge in [-0.2, -0.15) is 27.8 Å². The zero-order valence-electron chi connectivity index (χ0n) is 14.9. The third kappa shape index (κ3) is 3.51. The van der Waals surface area contributed by atoms with E-state index in [1.54, 1.807) is 0 Å². The predicted octanol–water partition coefficient (Wildman–Crippen LogP) is 4.50. The van der Waals surface area contributed by atoms with Gasteiger partial charge in [0.15, 0.2) is 5.69 Å². The van der Waals surface area contributed by atoms with Gasteiger partial charge in [-0.05, 0) is 17.5 Å². The van der Waals surface area contributed by atoms with E-state index >= 15 is 0 Å². The van der Waals surface area contributed by atoms with Gasteiger partial charge in [0.25, 0.3) is 5.78 Å². The van der Waals surface area contributed by atoms with Gasteiger partial charge >= 0.3 is 6.18 Å². The van der Waals surface area contributed by atoms with E-state index in [2.05, 4.69) is 20.4 Å². The first kappa shape index (κ1) is 18.2. The summed E-state index contributed by atoms with van der Waals surface area (Å²) in [7, 11) is 0. The molecule has 0 spiro atoms. The summed E-state index contributed by atoms with van der Waals surface area (Å²) < 4.78 is 46.6. The lowest BCUT2D eigenvalue weighted by Gasteiger charge is -2.30. The van der Waals surface area contributed by atoms with Crippen molar-refractivity contribution in [1.29, 1.82) is 0 Å². The molecule has 0 aliphatic heterocycles. The number of nitrogens with one attached hydrogen (secondary N) is 1. The average Bonchev–Trinajstić information content (AvgIpc) is 3.18. The summed E-state index contributed by atoms with van der Waals surface area (Å²) in [5, 5.41) is 7.12. The van der Waals surface area contributed by atoms with E-state index in [1.165, 1.54) is 10.8 Å². The monoisotopic (exact) mass is 367 g/mol. The molecular weight excluding hydrogens is 347 g/mol. The van der Waals surface area contributed by atoms with Crippen LogP contribution in [0.4, 0.5) is 19.0 Å². The summed E-state index contributed by atoms with van der Waals surface area (Å²) >= 11 is 0. The van der Waals surface area contributed by atoms with Gasteiger partial charge < -0.3 is 9.73 Å². The van der Waals surface area contributed by atoms with Crippen LogP contribution in [0.25, 0.3) is 5.78 Å². The van der Waals surface area contributed by atoms with Crippen LogP contribution in [0.1, 0.15) is 51.0 Å². The van der Waals surface area contributed by atoms with Crippen LogP contribution >= 0.6 is 0 Å². The fraction of sp³-hybridized carbons (Fsp3) is 0.471. The second-order valence-corrected chi connectivity index (χ2v) is 7.10. The third-order valence-corrected chi connectivity index (χ3v) is 4.02. The van der Waals surface area contributed by atoms with Gasteiger partial charge in [0.05, 0.1) is 6.04 Å². The molecule has 1 N–H and O–H groups in total. The van der Waals surface area contributed by atoms with Crippen molar-refractivity contribution in [3.05, 3.63) is 41.7 Å². The van der Waals surface area contributed by atoms with Gasteiger partial charge in [0, 0.05) is 12.5 Å². The quantitative estimate of drug-likeness (QED) is 0.735. The molecule has 3 rings (SSSR count). The smallest absolute Gasteiger partial charge is 0.433 e. The minimum Gasteiger partial charge on any atom is -0.464 e. The van der Waals surface area contributed by atoms with Gasteiger partial charge in [-0.3, -0.25) is 0 Å². The van der Waals surface area contributed by atoms with Crippen molar-refractivity contribution in [3.8, 4) is 0 Å².